The second kappa shape index (κ2) is 5.60. The average Bonchev–Trinajstić information content (AvgIpc) is 2.58. The lowest BCUT2D eigenvalue weighted by Crippen LogP contribution is -2.30. The van der Waals surface area contributed by atoms with Gasteiger partial charge in [0.15, 0.2) is 0 Å². The topological polar surface area (TPSA) is 69.6 Å². The molecule has 2 aromatic carbocycles. The van der Waals surface area contributed by atoms with Crippen LogP contribution in [0.2, 0.25) is 5.02 Å². The molecule has 2 aromatic rings. The number of hydrogen-bond donors (Lipinski definition) is 3. The fraction of sp³-hybridized carbons (Fsp3) is 0.133. The Morgan fingerprint density at radius 1 is 1.14 bits per heavy atom. The van der Waals surface area contributed by atoms with E-state index in [1.165, 1.54) is 23.9 Å². The number of benzene rings is 2. The van der Waals surface area contributed by atoms with Gasteiger partial charge >= 0.3 is 0 Å². The predicted molar refractivity (Wildman–Crippen MR) is 82.8 cm³/mol. The van der Waals surface area contributed by atoms with E-state index in [0.717, 1.165) is 10.5 Å². The molecule has 0 aliphatic carbocycles. The summed E-state index contributed by atoms with van der Waals surface area (Å²) in [4.78, 5) is 12.9. The maximum absolute atomic E-state index is 12.1. The first-order chi connectivity index (χ1) is 10.0. The van der Waals surface area contributed by atoms with Gasteiger partial charge in [-0.2, -0.15) is 0 Å². The van der Waals surface area contributed by atoms with Crippen LogP contribution in [0.25, 0.3) is 0 Å². The number of thioether (sulfide) groups is 1. The standard InChI is InChI=1S/C15H12ClNO3S/c16-9-3-6-11-12(7-9)21-14(13(19)15(20)17-11)8-1-4-10(18)5-2-8/h1-7,13-14,18-19H,(H,17,20)/t13-,14+/m1/s1. The van der Waals surface area contributed by atoms with Crippen LogP contribution in [0.3, 0.4) is 0 Å². The fourth-order valence-electron chi connectivity index (χ4n) is 2.16. The van der Waals surface area contributed by atoms with Crippen LogP contribution in [0.1, 0.15) is 10.8 Å². The number of amides is 1. The Morgan fingerprint density at radius 2 is 1.86 bits per heavy atom. The molecule has 6 heteroatoms. The van der Waals surface area contributed by atoms with Gasteiger partial charge in [-0.1, -0.05) is 23.7 Å². The lowest BCUT2D eigenvalue weighted by molar-refractivity contribution is -0.124. The highest BCUT2D eigenvalue weighted by Crippen LogP contribution is 2.44. The quantitative estimate of drug-likeness (QED) is 0.754. The zero-order valence-electron chi connectivity index (χ0n) is 10.8. The van der Waals surface area contributed by atoms with Crippen LogP contribution >= 0.6 is 23.4 Å². The van der Waals surface area contributed by atoms with Gasteiger partial charge in [0.05, 0.1) is 10.9 Å². The normalized spacial score (nSPS) is 21.3. The van der Waals surface area contributed by atoms with Gasteiger partial charge in [-0.05, 0) is 35.9 Å². The lowest BCUT2D eigenvalue weighted by atomic mass is 10.1. The highest BCUT2D eigenvalue weighted by molar-refractivity contribution is 7.99. The molecule has 0 spiro atoms. The highest BCUT2D eigenvalue weighted by Gasteiger charge is 2.32. The van der Waals surface area contributed by atoms with Gasteiger partial charge in [0.25, 0.3) is 5.91 Å². The number of fused-ring (bicyclic) bond motifs is 1. The Bertz CT molecular complexity index is 690. The van der Waals surface area contributed by atoms with Crippen molar-refractivity contribution < 1.29 is 15.0 Å². The van der Waals surface area contributed by atoms with Crippen LogP contribution in [0, 0.1) is 0 Å². The minimum Gasteiger partial charge on any atom is -0.508 e. The summed E-state index contributed by atoms with van der Waals surface area (Å²) in [6.07, 6.45) is -1.19. The number of aromatic hydroxyl groups is 1. The van der Waals surface area contributed by atoms with Crippen molar-refractivity contribution >= 4 is 35.0 Å². The number of halogens is 1. The molecule has 1 heterocycles. The number of nitrogens with one attached hydrogen (secondary N) is 1. The van der Waals surface area contributed by atoms with E-state index in [2.05, 4.69) is 5.32 Å². The molecule has 3 rings (SSSR count). The molecular weight excluding hydrogens is 310 g/mol. The second-order valence-electron chi connectivity index (χ2n) is 4.70. The summed E-state index contributed by atoms with van der Waals surface area (Å²) in [6, 6.07) is 11.6. The molecule has 0 fully saturated rings. The molecule has 0 radical (unpaired) electrons. The van der Waals surface area contributed by atoms with Crippen molar-refractivity contribution in [3.05, 3.63) is 53.1 Å². The summed E-state index contributed by atoms with van der Waals surface area (Å²) in [5, 5.41) is 22.4. The molecule has 0 unspecified atom stereocenters. The van der Waals surface area contributed by atoms with E-state index in [9.17, 15) is 15.0 Å². The van der Waals surface area contributed by atoms with Gasteiger partial charge in [0.1, 0.15) is 11.9 Å². The van der Waals surface area contributed by atoms with Gasteiger partial charge in [0.2, 0.25) is 0 Å². The second-order valence-corrected chi connectivity index (χ2v) is 6.32. The number of hydrogen-bond acceptors (Lipinski definition) is 4. The van der Waals surface area contributed by atoms with E-state index in [-0.39, 0.29) is 5.75 Å². The summed E-state index contributed by atoms with van der Waals surface area (Å²) >= 11 is 7.36. The van der Waals surface area contributed by atoms with Gasteiger partial charge < -0.3 is 15.5 Å². The number of carbonyl (C=O) groups is 1. The van der Waals surface area contributed by atoms with Crippen molar-refractivity contribution in [2.24, 2.45) is 0 Å². The van der Waals surface area contributed by atoms with E-state index in [1.54, 1.807) is 30.3 Å². The Balaban J connectivity index is 2.03. The third-order valence-corrected chi connectivity index (χ3v) is 4.84. The molecule has 3 N–H and O–H groups in total. The smallest absolute Gasteiger partial charge is 0.254 e. The first-order valence-corrected chi connectivity index (χ1v) is 7.54. The number of rotatable bonds is 1. The molecule has 2 atom stereocenters. The molecule has 4 nitrogen and oxygen atoms in total. The van der Waals surface area contributed by atoms with E-state index in [1.807, 2.05) is 0 Å². The fourth-order valence-corrected chi connectivity index (χ4v) is 3.65. The Hall–Kier alpha value is -1.69. The number of carbonyl (C=O) groups excluding carboxylic acids is 1. The zero-order chi connectivity index (χ0) is 15.0. The molecule has 1 aliphatic heterocycles. The summed E-state index contributed by atoms with van der Waals surface area (Å²) in [6.45, 7) is 0. The number of phenolic OH excluding ortho intramolecular Hbond substituents is 1. The van der Waals surface area contributed by atoms with Gasteiger partial charge in [-0.3, -0.25) is 4.79 Å². The third-order valence-electron chi connectivity index (χ3n) is 3.23. The average molecular weight is 322 g/mol. The summed E-state index contributed by atoms with van der Waals surface area (Å²) < 4.78 is 0. The van der Waals surface area contributed by atoms with E-state index in [4.69, 9.17) is 11.6 Å². The predicted octanol–water partition coefficient (Wildman–Crippen LogP) is 3.19. The largest absolute Gasteiger partial charge is 0.508 e. The Kier molecular flexibility index (Phi) is 3.80. The molecule has 1 aliphatic rings. The number of aliphatic hydroxyl groups excluding tert-OH is 1. The van der Waals surface area contributed by atoms with Crippen LogP contribution in [-0.2, 0) is 4.79 Å². The molecule has 0 aromatic heterocycles. The molecule has 1 amide bonds. The van der Waals surface area contributed by atoms with Crippen molar-refractivity contribution in [2.45, 2.75) is 16.2 Å². The van der Waals surface area contributed by atoms with Crippen molar-refractivity contribution in [3.63, 3.8) is 0 Å². The number of phenols is 1. The highest BCUT2D eigenvalue weighted by atomic mass is 35.5. The molecule has 0 saturated carbocycles. The Morgan fingerprint density at radius 3 is 2.57 bits per heavy atom. The lowest BCUT2D eigenvalue weighted by Gasteiger charge is -2.18. The molecule has 108 valence electrons. The van der Waals surface area contributed by atoms with Crippen molar-refractivity contribution in [1.29, 1.82) is 0 Å². The van der Waals surface area contributed by atoms with Crippen molar-refractivity contribution in [3.8, 4) is 5.75 Å². The van der Waals surface area contributed by atoms with Crippen molar-refractivity contribution in [1.82, 2.24) is 0 Å². The van der Waals surface area contributed by atoms with Crippen LogP contribution in [0.4, 0.5) is 5.69 Å². The molecule has 0 saturated heterocycles. The van der Waals surface area contributed by atoms with Crippen LogP contribution in [0.5, 0.6) is 5.75 Å². The van der Waals surface area contributed by atoms with Crippen LogP contribution in [-0.4, -0.2) is 22.2 Å². The number of aliphatic hydroxyl groups is 1. The minimum atomic E-state index is -1.19. The van der Waals surface area contributed by atoms with E-state index < -0.39 is 17.3 Å². The number of anilines is 1. The third kappa shape index (κ3) is 2.85. The molecular formula is C15H12ClNO3S. The monoisotopic (exact) mass is 321 g/mol. The SMILES string of the molecule is O=C1Nc2ccc(Cl)cc2S[C@@H](c2ccc(O)cc2)[C@H]1O. The van der Waals surface area contributed by atoms with Gasteiger partial charge in [0, 0.05) is 9.92 Å². The maximum Gasteiger partial charge on any atom is 0.254 e. The first-order valence-electron chi connectivity index (χ1n) is 6.28. The van der Waals surface area contributed by atoms with Gasteiger partial charge in [-0.25, -0.2) is 0 Å². The minimum absolute atomic E-state index is 0.139. The summed E-state index contributed by atoms with van der Waals surface area (Å²) in [7, 11) is 0. The zero-order valence-corrected chi connectivity index (χ0v) is 12.4. The first kappa shape index (κ1) is 14.3. The Labute approximate surface area is 130 Å². The van der Waals surface area contributed by atoms with E-state index in [0.29, 0.717) is 10.7 Å². The maximum atomic E-state index is 12.1. The summed E-state index contributed by atoms with van der Waals surface area (Å²) in [5.41, 5.74) is 1.39. The van der Waals surface area contributed by atoms with E-state index >= 15 is 0 Å². The summed E-state index contributed by atoms with van der Waals surface area (Å²) in [5.74, 6) is -0.318. The van der Waals surface area contributed by atoms with Crippen LogP contribution < -0.4 is 5.32 Å². The van der Waals surface area contributed by atoms with Crippen molar-refractivity contribution in [2.75, 3.05) is 5.32 Å². The van der Waals surface area contributed by atoms with Gasteiger partial charge in [-0.15, -0.1) is 11.8 Å². The molecule has 21 heavy (non-hydrogen) atoms. The molecule has 0 bridgehead atoms. The van der Waals surface area contributed by atoms with Crippen LogP contribution in [0.15, 0.2) is 47.4 Å².